The van der Waals surface area contributed by atoms with E-state index in [1.807, 2.05) is 0 Å². The number of anilines is 1. The normalized spacial score (nSPS) is 23.3. The van der Waals surface area contributed by atoms with E-state index < -0.39 is 5.79 Å². The predicted molar refractivity (Wildman–Crippen MR) is 63.8 cm³/mol. The van der Waals surface area contributed by atoms with E-state index in [1.54, 1.807) is 12.4 Å². The van der Waals surface area contributed by atoms with E-state index >= 15 is 0 Å². The predicted octanol–water partition coefficient (Wildman–Crippen LogP) is 1.28. The molecule has 1 aromatic rings. The van der Waals surface area contributed by atoms with Crippen LogP contribution in [0.5, 0.6) is 0 Å². The Hall–Kier alpha value is -1.40. The zero-order chi connectivity index (χ0) is 12.4. The molecular formula is C12H17N3O3. The first kappa shape index (κ1) is 11.7. The van der Waals surface area contributed by atoms with Gasteiger partial charge in [-0.05, 0) is 12.8 Å². The van der Waals surface area contributed by atoms with Crippen LogP contribution >= 0.6 is 0 Å². The van der Waals surface area contributed by atoms with Crippen LogP contribution in [0.15, 0.2) is 12.4 Å². The number of hydrogen-bond donors (Lipinski definition) is 2. The zero-order valence-electron chi connectivity index (χ0n) is 10.1. The highest BCUT2D eigenvalue weighted by molar-refractivity contribution is 5.90. The Morgan fingerprint density at radius 3 is 2.72 bits per heavy atom. The minimum absolute atomic E-state index is 0.0218. The van der Waals surface area contributed by atoms with Crippen LogP contribution in [0, 0.1) is 5.92 Å². The fourth-order valence-corrected chi connectivity index (χ4v) is 2.66. The second-order valence-electron chi connectivity index (χ2n) is 4.81. The number of rotatable bonds is 2. The molecule has 2 aliphatic rings. The third-order valence-corrected chi connectivity index (χ3v) is 3.67. The van der Waals surface area contributed by atoms with Crippen molar-refractivity contribution in [2.45, 2.75) is 31.5 Å². The minimum Gasteiger partial charge on any atom is -0.348 e. The second kappa shape index (κ2) is 4.70. The quantitative estimate of drug-likeness (QED) is 0.830. The molecule has 2 heterocycles. The molecule has 6 nitrogen and oxygen atoms in total. The molecule has 1 saturated heterocycles. The number of nitrogens with one attached hydrogen (secondary N) is 2. The maximum Gasteiger partial charge on any atom is 0.229 e. The molecule has 1 saturated carbocycles. The van der Waals surface area contributed by atoms with Gasteiger partial charge in [-0.25, -0.2) is 4.98 Å². The number of aromatic nitrogens is 2. The molecule has 0 atom stereocenters. The largest absolute Gasteiger partial charge is 0.348 e. The van der Waals surface area contributed by atoms with Crippen LogP contribution in [0.2, 0.25) is 0 Å². The number of amides is 1. The van der Waals surface area contributed by atoms with Gasteiger partial charge >= 0.3 is 0 Å². The van der Waals surface area contributed by atoms with Crippen LogP contribution in [-0.4, -0.2) is 34.9 Å². The van der Waals surface area contributed by atoms with E-state index in [2.05, 4.69) is 15.3 Å². The molecule has 1 aliphatic heterocycles. The lowest BCUT2D eigenvalue weighted by atomic mass is 9.84. The molecule has 6 heteroatoms. The van der Waals surface area contributed by atoms with Crippen molar-refractivity contribution >= 4 is 11.9 Å². The maximum absolute atomic E-state index is 12.0. The molecule has 0 radical (unpaired) electrons. The first-order valence-electron chi connectivity index (χ1n) is 6.36. The molecule has 2 N–H and O–H groups in total. The van der Waals surface area contributed by atoms with Gasteiger partial charge in [-0.15, -0.1) is 0 Å². The fourth-order valence-electron chi connectivity index (χ4n) is 2.66. The molecule has 2 fully saturated rings. The van der Waals surface area contributed by atoms with Crippen LogP contribution in [-0.2, 0) is 14.3 Å². The summed E-state index contributed by atoms with van der Waals surface area (Å²) in [5.41, 5.74) is 0. The van der Waals surface area contributed by atoms with Crippen LogP contribution in [0.1, 0.15) is 25.7 Å². The van der Waals surface area contributed by atoms with E-state index in [1.165, 1.54) is 0 Å². The minimum atomic E-state index is -0.401. The van der Waals surface area contributed by atoms with Crippen molar-refractivity contribution in [1.29, 1.82) is 0 Å². The van der Waals surface area contributed by atoms with Crippen LogP contribution in [0.4, 0.5) is 5.95 Å². The van der Waals surface area contributed by atoms with Crippen molar-refractivity contribution in [1.82, 2.24) is 9.97 Å². The van der Waals surface area contributed by atoms with Gasteiger partial charge in [-0.1, -0.05) is 0 Å². The smallest absolute Gasteiger partial charge is 0.229 e. The highest BCUT2D eigenvalue weighted by atomic mass is 16.7. The number of H-pyrrole nitrogens is 1. The molecular weight excluding hydrogens is 234 g/mol. The topological polar surface area (TPSA) is 76.2 Å². The van der Waals surface area contributed by atoms with Gasteiger partial charge in [0.25, 0.3) is 0 Å². The summed E-state index contributed by atoms with van der Waals surface area (Å²) in [6, 6.07) is 0. The first-order chi connectivity index (χ1) is 8.77. The summed E-state index contributed by atoms with van der Waals surface area (Å²) in [6.07, 6.45) is 6.49. The van der Waals surface area contributed by atoms with Crippen molar-refractivity contribution in [3.05, 3.63) is 12.4 Å². The number of ether oxygens (including phenoxy) is 2. The summed E-state index contributed by atoms with van der Waals surface area (Å²) in [6.45, 7) is 1.34. The molecule has 1 aliphatic carbocycles. The maximum atomic E-state index is 12.0. The standard InChI is InChI=1S/C12H17N3O3/c16-10(15-11-13-5-6-14-11)9-1-3-12(4-2-9)17-7-8-18-12/h5-6,9H,1-4,7-8H2,(H2,13,14,15,16). The molecule has 0 aromatic carbocycles. The summed E-state index contributed by atoms with van der Waals surface area (Å²) in [7, 11) is 0. The molecule has 1 aromatic heterocycles. The number of aromatic amines is 1. The Morgan fingerprint density at radius 2 is 2.11 bits per heavy atom. The summed E-state index contributed by atoms with van der Waals surface area (Å²) in [4.78, 5) is 18.9. The first-order valence-corrected chi connectivity index (χ1v) is 6.36. The molecule has 0 bridgehead atoms. The lowest BCUT2D eigenvalue weighted by Gasteiger charge is -2.34. The molecule has 1 spiro atoms. The highest BCUT2D eigenvalue weighted by Gasteiger charge is 2.41. The van der Waals surface area contributed by atoms with Gasteiger partial charge in [-0.3, -0.25) is 10.1 Å². The second-order valence-corrected chi connectivity index (χ2v) is 4.81. The van der Waals surface area contributed by atoms with E-state index in [9.17, 15) is 4.79 Å². The Kier molecular flexibility index (Phi) is 3.05. The Labute approximate surface area is 105 Å². The third-order valence-electron chi connectivity index (χ3n) is 3.67. The van der Waals surface area contributed by atoms with E-state index in [0.29, 0.717) is 19.2 Å². The summed E-state index contributed by atoms with van der Waals surface area (Å²) >= 11 is 0. The fraction of sp³-hybridized carbons (Fsp3) is 0.667. The number of carbonyl (C=O) groups is 1. The van der Waals surface area contributed by atoms with Crippen molar-refractivity contribution in [3.8, 4) is 0 Å². The number of imidazole rings is 1. The SMILES string of the molecule is O=C(Nc1ncc[nH]1)C1CCC2(CC1)OCCO2. The Morgan fingerprint density at radius 1 is 1.39 bits per heavy atom. The Balaban J connectivity index is 1.54. The monoisotopic (exact) mass is 251 g/mol. The van der Waals surface area contributed by atoms with Gasteiger partial charge in [0.2, 0.25) is 11.9 Å². The van der Waals surface area contributed by atoms with Crippen LogP contribution in [0.25, 0.3) is 0 Å². The van der Waals surface area contributed by atoms with Crippen LogP contribution < -0.4 is 5.32 Å². The van der Waals surface area contributed by atoms with Crippen molar-refractivity contribution in [2.75, 3.05) is 18.5 Å². The average Bonchev–Trinajstić information content (AvgIpc) is 3.03. The summed E-state index contributed by atoms with van der Waals surface area (Å²) < 4.78 is 11.3. The summed E-state index contributed by atoms with van der Waals surface area (Å²) in [5.74, 6) is 0.154. The zero-order valence-corrected chi connectivity index (χ0v) is 10.1. The lowest BCUT2D eigenvalue weighted by Crippen LogP contribution is -2.38. The van der Waals surface area contributed by atoms with E-state index in [0.717, 1.165) is 25.7 Å². The summed E-state index contributed by atoms with van der Waals surface area (Å²) in [5, 5.41) is 2.78. The molecule has 18 heavy (non-hydrogen) atoms. The van der Waals surface area contributed by atoms with Gasteiger partial charge in [-0.2, -0.15) is 0 Å². The Bertz CT molecular complexity index is 402. The number of carbonyl (C=O) groups excluding carboxylic acids is 1. The highest BCUT2D eigenvalue weighted by Crippen LogP contribution is 2.38. The molecule has 98 valence electrons. The van der Waals surface area contributed by atoms with Gasteiger partial charge in [0.05, 0.1) is 13.2 Å². The van der Waals surface area contributed by atoms with Gasteiger partial charge in [0.15, 0.2) is 5.79 Å². The van der Waals surface area contributed by atoms with E-state index in [4.69, 9.17) is 9.47 Å². The van der Waals surface area contributed by atoms with Gasteiger partial charge in [0.1, 0.15) is 0 Å². The average molecular weight is 251 g/mol. The van der Waals surface area contributed by atoms with Gasteiger partial charge in [0, 0.05) is 31.2 Å². The number of nitrogens with zero attached hydrogens (tertiary/aromatic N) is 1. The lowest BCUT2D eigenvalue weighted by molar-refractivity contribution is -0.182. The van der Waals surface area contributed by atoms with Crippen molar-refractivity contribution < 1.29 is 14.3 Å². The van der Waals surface area contributed by atoms with Gasteiger partial charge < -0.3 is 14.5 Å². The van der Waals surface area contributed by atoms with Crippen molar-refractivity contribution in [3.63, 3.8) is 0 Å². The number of hydrogen-bond acceptors (Lipinski definition) is 4. The molecule has 0 unspecified atom stereocenters. The van der Waals surface area contributed by atoms with Crippen molar-refractivity contribution in [2.24, 2.45) is 5.92 Å². The third kappa shape index (κ3) is 2.26. The molecule has 3 rings (SSSR count). The molecule has 1 amide bonds. The van der Waals surface area contributed by atoms with Crippen LogP contribution in [0.3, 0.4) is 0 Å². The van der Waals surface area contributed by atoms with E-state index in [-0.39, 0.29) is 11.8 Å².